The van der Waals surface area contributed by atoms with Gasteiger partial charge in [-0.1, -0.05) is 46.4 Å². The smallest absolute Gasteiger partial charge is 0.303 e. The molecule has 2 fully saturated rings. The Morgan fingerprint density at radius 3 is 2.27 bits per heavy atom. The van der Waals surface area contributed by atoms with Crippen molar-refractivity contribution in [2.75, 3.05) is 31.3 Å². The van der Waals surface area contributed by atoms with E-state index >= 15 is 0 Å². The Morgan fingerprint density at radius 2 is 1.66 bits per heavy atom. The first-order valence-corrected chi connectivity index (χ1v) is 15.2. The molecule has 220 valence electrons. The minimum atomic E-state index is -4.34. The summed E-state index contributed by atoms with van der Waals surface area (Å²) in [5, 5.41) is 17.2. The molecule has 3 aliphatic rings. The predicted molar refractivity (Wildman–Crippen MR) is 155 cm³/mol. The third-order valence-corrected chi connectivity index (χ3v) is 10.1. The van der Waals surface area contributed by atoms with Crippen molar-refractivity contribution in [1.29, 1.82) is 0 Å². The Hall–Kier alpha value is -2.16. The highest BCUT2D eigenvalue weighted by Gasteiger charge is 2.73. The van der Waals surface area contributed by atoms with Crippen molar-refractivity contribution in [3.05, 3.63) is 56.0 Å². The lowest BCUT2D eigenvalue weighted by atomic mass is 9.72. The zero-order valence-electron chi connectivity index (χ0n) is 21.8. The van der Waals surface area contributed by atoms with Crippen molar-refractivity contribution >= 4 is 85.7 Å². The van der Waals surface area contributed by atoms with Crippen LogP contribution in [0.3, 0.4) is 0 Å². The van der Waals surface area contributed by atoms with Crippen LogP contribution in [0.1, 0.15) is 18.9 Å². The van der Waals surface area contributed by atoms with Crippen LogP contribution in [0, 0.1) is 11.8 Å². The largest absolute Gasteiger partial charge is 0.389 e. The van der Waals surface area contributed by atoms with Crippen molar-refractivity contribution in [3.63, 3.8) is 0 Å². The monoisotopic (exact) mass is 663 g/mol. The molecule has 2 aromatic rings. The predicted octanol–water partition coefficient (Wildman–Crippen LogP) is 3.08. The van der Waals surface area contributed by atoms with Gasteiger partial charge in [-0.05, 0) is 43.7 Å². The number of aliphatic hydroxyl groups is 1. The van der Waals surface area contributed by atoms with Crippen molar-refractivity contribution in [1.82, 2.24) is 13.9 Å². The van der Waals surface area contributed by atoms with Gasteiger partial charge in [0.25, 0.3) is 5.91 Å². The molecule has 5 rings (SSSR count). The van der Waals surface area contributed by atoms with Gasteiger partial charge in [-0.3, -0.25) is 19.3 Å². The molecule has 16 heteroatoms. The van der Waals surface area contributed by atoms with Crippen LogP contribution in [0.2, 0.25) is 20.1 Å². The van der Waals surface area contributed by atoms with E-state index in [1.54, 1.807) is 11.8 Å². The number of rotatable bonds is 5. The lowest BCUT2D eigenvalue weighted by Gasteiger charge is -2.37. The van der Waals surface area contributed by atoms with Crippen LogP contribution in [0.5, 0.6) is 0 Å². The first kappa shape index (κ1) is 30.3. The van der Waals surface area contributed by atoms with E-state index in [1.807, 2.05) is 4.72 Å². The molecule has 1 spiro atoms. The Morgan fingerprint density at radius 1 is 1.05 bits per heavy atom. The number of nitrogens with one attached hydrogen (secondary N) is 3. The van der Waals surface area contributed by atoms with Gasteiger partial charge in [-0.2, -0.15) is 12.7 Å². The highest BCUT2D eigenvalue weighted by Crippen LogP contribution is 2.60. The second kappa shape index (κ2) is 10.2. The topological polar surface area (TPSA) is 148 Å². The summed E-state index contributed by atoms with van der Waals surface area (Å²) >= 11 is 25.0. The fourth-order valence-corrected chi connectivity index (χ4v) is 7.85. The maximum Gasteiger partial charge on any atom is 0.303 e. The second-order valence-corrected chi connectivity index (χ2v) is 14.4. The lowest BCUT2D eigenvalue weighted by molar-refractivity contribution is -0.139. The number of nitrogens with zero attached hydrogens (tertiary/aromatic N) is 2. The molecule has 0 bridgehead atoms. The fourth-order valence-electron chi connectivity index (χ4n) is 6.22. The minimum absolute atomic E-state index is 0.00966. The number of halogens is 4. The first-order chi connectivity index (χ1) is 19.0. The Bertz CT molecular complexity index is 1580. The summed E-state index contributed by atoms with van der Waals surface area (Å²) < 4.78 is 28.4. The van der Waals surface area contributed by atoms with Gasteiger partial charge in [0.05, 0.1) is 28.1 Å². The highest BCUT2D eigenvalue weighted by atomic mass is 35.5. The molecule has 5 atom stereocenters. The number of carbonyl (C=O) groups is 3. The normalized spacial score (nSPS) is 29.0. The third-order valence-electron chi connectivity index (χ3n) is 7.71. The van der Waals surface area contributed by atoms with Crippen LogP contribution in [0.4, 0.5) is 11.4 Å². The second-order valence-electron chi connectivity index (χ2n) is 10.8. The van der Waals surface area contributed by atoms with Gasteiger partial charge in [0.2, 0.25) is 11.8 Å². The molecule has 3 aliphatic heterocycles. The maximum atomic E-state index is 14.1. The highest BCUT2D eigenvalue weighted by molar-refractivity contribution is 7.87. The van der Waals surface area contributed by atoms with Gasteiger partial charge in [0, 0.05) is 53.0 Å². The number of anilines is 2. The summed E-state index contributed by atoms with van der Waals surface area (Å²) in [5.74, 6) is -5.49. The van der Waals surface area contributed by atoms with Crippen molar-refractivity contribution < 1.29 is 27.9 Å². The molecular formula is C25H25Cl4N5O6S. The molecule has 3 heterocycles. The standard InChI is InChI=1S/C25H25Cl4N5O6S/c1-24(38)9-17-18(21(35)30-14-5-11(26)4-12(27)6-14)19(22(36)32-41(39,40)33(2)3)25(34(17)10-24)15-7-13(28)8-16(29)20(15)31-23(25)37/h4-8,17-19,38H,9-10H2,1-3H3,(H,30,35)(H,31,37)(H,32,36)/t17?,18?,19?,24-,25?/m0/s1. The molecule has 0 saturated carbocycles. The molecule has 41 heavy (non-hydrogen) atoms. The maximum absolute atomic E-state index is 14.1. The zero-order chi connectivity index (χ0) is 30.2. The third kappa shape index (κ3) is 4.98. The SMILES string of the molecule is CN(C)S(=O)(=O)NC(=O)C1C(C(=O)Nc2cc(Cl)cc(Cl)c2)C2C[C@](C)(O)CN2C12C(=O)Nc1c(Cl)cc(Cl)cc12. The molecule has 4 unspecified atom stereocenters. The molecule has 0 radical (unpaired) electrons. The quantitative estimate of drug-likeness (QED) is 0.384. The molecule has 0 aliphatic carbocycles. The Labute approximate surface area is 256 Å². The Kier molecular flexibility index (Phi) is 7.56. The van der Waals surface area contributed by atoms with E-state index in [4.69, 9.17) is 46.4 Å². The van der Waals surface area contributed by atoms with E-state index in [0.717, 1.165) is 4.31 Å². The average molecular weight is 665 g/mol. The number of carbonyl (C=O) groups excluding carboxylic acids is 3. The summed E-state index contributed by atoms with van der Waals surface area (Å²) in [5.41, 5.74) is -2.74. The van der Waals surface area contributed by atoms with Crippen molar-refractivity contribution in [2.24, 2.45) is 11.8 Å². The molecule has 11 nitrogen and oxygen atoms in total. The molecule has 3 amide bonds. The molecule has 2 aromatic carbocycles. The number of fused-ring (bicyclic) bond motifs is 4. The van der Waals surface area contributed by atoms with Crippen LogP contribution in [-0.2, 0) is 30.1 Å². The summed E-state index contributed by atoms with van der Waals surface area (Å²) in [4.78, 5) is 43.7. The van der Waals surface area contributed by atoms with Crippen LogP contribution in [0.25, 0.3) is 0 Å². The van der Waals surface area contributed by atoms with E-state index < -0.39 is 56.9 Å². The van der Waals surface area contributed by atoms with Gasteiger partial charge in [0.15, 0.2) is 0 Å². The fraction of sp³-hybridized carbons (Fsp3) is 0.400. The lowest BCUT2D eigenvalue weighted by Crippen LogP contribution is -2.57. The van der Waals surface area contributed by atoms with Crippen molar-refractivity contribution in [3.8, 4) is 0 Å². The number of hydrogen-bond acceptors (Lipinski definition) is 7. The summed E-state index contributed by atoms with van der Waals surface area (Å²) in [6.07, 6.45) is -0.00966. The van der Waals surface area contributed by atoms with Gasteiger partial charge in [-0.15, -0.1) is 0 Å². The van der Waals surface area contributed by atoms with Crippen LogP contribution >= 0.6 is 46.4 Å². The van der Waals surface area contributed by atoms with E-state index in [0.29, 0.717) is 0 Å². The Balaban J connectivity index is 1.73. The van der Waals surface area contributed by atoms with E-state index in [9.17, 15) is 27.9 Å². The van der Waals surface area contributed by atoms with E-state index in [1.165, 1.54) is 44.4 Å². The van der Waals surface area contributed by atoms with E-state index in [2.05, 4.69) is 10.6 Å². The number of benzene rings is 2. The van der Waals surface area contributed by atoms with Crippen LogP contribution in [-0.4, -0.2) is 72.7 Å². The summed E-state index contributed by atoms with van der Waals surface area (Å²) in [6.45, 7) is 1.43. The van der Waals surface area contributed by atoms with Gasteiger partial charge >= 0.3 is 10.2 Å². The van der Waals surface area contributed by atoms with Gasteiger partial charge in [0.1, 0.15) is 5.54 Å². The number of amides is 3. The van der Waals surface area contributed by atoms with E-state index in [-0.39, 0.29) is 50.0 Å². The zero-order valence-corrected chi connectivity index (χ0v) is 25.7. The van der Waals surface area contributed by atoms with Crippen LogP contribution < -0.4 is 15.4 Å². The molecular weight excluding hydrogens is 640 g/mol. The number of hydrogen-bond donors (Lipinski definition) is 4. The average Bonchev–Trinajstić information content (AvgIpc) is 3.39. The molecule has 4 N–H and O–H groups in total. The first-order valence-electron chi connectivity index (χ1n) is 12.3. The summed E-state index contributed by atoms with van der Waals surface area (Å²) in [6, 6.07) is 6.33. The van der Waals surface area contributed by atoms with Crippen molar-refractivity contribution in [2.45, 2.75) is 30.5 Å². The van der Waals surface area contributed by atoms with Crippen LogP contribution in [0.15, 0.2) is 30.3 Å². The summed E-state index contributed by atoms with van der Waals surface area (Å²) in [7, 11) is -1.90. The van der Waals surface area contributed by atoms with Gasteiger partial charge < -0.3 is 15.7 Å². The molecule has 2 saturated heterocycles. The van der Waals surface area contributed by atoms with Gasteiger partial charge in [-0.25, -0.2) is 4.72 Å². The molecule has 0 aromatic heterocycles. The minimum Gasteiger partial charge on any atom is -0.389 e.